The van der Waals surface area contributed by atoms with Gasteiger partial charge in [0.05, 0.1) is 41.1 Å². The first-order valence-corrected chi connectivity index (χ1v) is 8.90. The van der Waals surface area contributed by atoms with Gasteiger partial charge in [-0.15, -0.1) is 0 Å². The summed E-state index contributed by atoms with van der Waals surface area (Å²) < 4.78 is 1.88. The summed E-state index contributed by atoms with van der Waals surface area (Å²) in [6, 6.07) is 0. The SMILES string of the molecule is CCn1ncc2c(Nc3cncnc3)c(C3=NOC4(CCC4)C3)cnc21. The summed E-state index contributed by atoms with van der Waals surface area (Å²) in [5.74, 6) is 0. The highest BCUT2D eigenvalue weighted by molar-refractivity contribution is 6.11. The molecule has 132 valence electrons. The van der Waals surface area contributed by atoms with Crippen LogP contribution < -0.4 is 5.32 Å². The predicted octanol–water partition coefficient (Wildman–Crippen LogP) is 3.03. The molecule has 26 heavy (non-hydrogen) atoms. The third-order valence-corrected chi connectivity index (χ3v) is 5.21. The first-order valence-electron chi connectivity index (χ1n) is 8.90. The Balaban J connectivity index is 1.61. The Bertz CT molecular complexity index is 991. The van der Waals surface area contributed by atoms with E-state index in [1.54, 1.807) is 12.4 Å². The van der Waals surface area contributed by atoms with Crippen LogP contribution in [0.15, 0.2) is 36.3 Å². The molecule has 0 unspecified atom stereocenters. The molecular weight excluding hydrogens is 330 g/mol. The van der Waals surface area contributed by atoms with Gasteiger partial charge in [0.2, 0.25) is 0 Å². The van der Waals surface area contributed by atoms with Crippen LogP contribution in [-0.4, -0.2) is 36.0 Å². The smallest absolute Gasteiger partial charge is 0.159 e. The van der Waals surface area contributed by atoms with Crippen molar-refractivity contribution in [3.05, 3.63) is 36.7 Å². The number of hydrogen-bond donors (Lipinski definition) is 1. The fourth-order valence-electron chi connectivity index (χ4n) is 3.62. The van der Waals surface area contributed by atoms with Crippen molar-refractivity contribution in [3.8, 4) is 0 Å². The van der Waals surface area contributed by atoms with E-state index < -0.39 is 0 Å². The monoisotopic (exact) mass is 349 g/mol. The molecule has 3 aromatic rings. The van der Waals surface area contributed by atoms with Gasteiger partial charge in [-0.2, -0.15) is 5.10 Å². The maximum atomic E-state index is 5.77. The topological polar surface area (TPSA) is 90.1 Å². The van der Waals surface area contributed by atoms with E-state index in [0.29, 0.717) is 0 Å². The van der Waals surface area contributed by atoms with Crippen LogP contribution in [-0.2, 0) is 11.4 Å². The third kappa shape index (κ3) is 2.33. The van der Waals surface area contributed by atoms with Crippen molar-refractivity contribution in [2.24, 2.45) is 5.16 Å². The summed E-state index contributed by atoms with van der Waals surface area (Å²) in [7, 11) is 0. The number of nitrogens with zero attached hydrogens (tertiary/aromatic N) is 6. The zero-order valence-corrected chi connectivity index (χ0v) is 14.5. The summed E-state index contributed by atoms with van der Waals surface area (Å²) in [5, 5.41) is 13.2. The van der Waals surface area contributed by atoms with Crippen LogP contribution in [0.5, 0.6) is 0 Å². The molecule has 1 spiro atoms. The van der Waals surface area contributed by atoms with Crippen molar-refractivity contribution in [2.45, 2.75) is 44.8 Å². The average Bonchev–Trinajstić information content (AvgIpc) is 3.27. The lowest BCUT2D eigenvalue weighted by atomic mass is 9.76. The quantitative estimate of drug-likeness (QED) is 0.778. The Hall–Kier alpha value is -3.03. The number of aromatic nitrogens is 5. The van der Waals surface area contributed by atoms with Gasteiger partial charge in [0.25, 0.3) is 0 Å². The summed E-state index contributed by atoms with van der Waals surface area (Å²) in [6.07, 6.45) is 12.9. The summed E-state index contributed by atoms with van der Waals surface area (Å²) in [4.78, 5) is 18.6. The molecule has 2 aliphatic rings. The van der Waals surface area contributed by atoms with Gasteiger partial charge in [0.1, 0.15) is 11.9 Å². The van der Waals surface area contributed by atoms with E-state index >= 15 is 0 Å². The van der Waals surface area contributed by atoms with Crippen molar-refractivity contribution >= 4 is 28.1 Å². The molecule has 0 bridgehead atoms. The zero-order chi connectivity index (χ0) is 17.6. The van der Waals surface area contributed by atoms with E-state index in [1.807, 2.05) is 17.1 Å². The number of aryl methyl sites for hydroxylation is 1. The highest BCUT2D eigenvalue weighted by Gasteiger charge is 2.45. The number of nitrogens with one attached hydrogen (secondary N) is 1. The van der Waals surface area contributed by atoms with E-state index in [2.05, 4.69) is 37.4 Å². The fraction of sp³-hybridized carbons (Fsp3) is 0.389. The lowest BCUT2D eigenvalue weighted by Crippen LogP contribution is -2.37. The number of fused-ring (bicyclic) bond motifs is 1. The Morgan fingerprint density at radius 3 is 2.73 bits per heavy atom. The zero-order valence-electron chi connectivity index (χ0n) is 14.5. The molecule has 5 rings (SSSR count). The number of anilines is 2. The van der Waals surface area contributed by atoms with Gasteiger partial charge >= 0.3 is 0 Å². The Kier molecular flexibility index (Phi) is 3.37. The minimum Gasteiger partial charge on any atom is -0.389 e. The lowest BCUT2D eigenvalue weighted by molar-refractivity contribution is -0.0755. The van der Waals surface area contributed by atoms with E-state index in [0.717, 1.165) is 59.5 Å². The molecule has 0 aromatic carbocycles. The Morgan fingerprint density at radius 1 is 1.19 bits per heavy atom. The highest BCUT2D eigenvalue weighted by Crippen LogP contribution is 2.44. The predicted molar refractivity (Wildman–Crippen MR) is 97.3 cm³/mol. The molecule has 8 nitrogen and oxygen atoms in total. The second-order valence-electron chi connectivity index (χ2n) is 6.84. The number of rotatable bonds is 4. The molecule has 0 saturated heterocycles. The van der Waals surface area contributed by atoms with Gasteiger partial charge in [0.15, 0.2) is 5.65 Å². The second kappa shape index (κ2) is 5.76. The molecule has 0 radical (unpaired) electrons. The van der Waals surface area contributed by atoms with Crippen LogP contribution in [0.3, 0.4) is 0 Å². The fourth-order valence-corrected chi connectivity index (χ4v) is 3.62. The summed E-state index contributed by atoms with van der Waals surface area (Å²) >= 11 is 0. The maximum Gasteiger partial charge on any atom is 0.159 e. The average molecular weight is 349 g/mol. The molecular formula is C18H19N7O. The molecule has 1 aliphatic heterocycles. The van der Waals surface area contributed by atoms with Crippen LogP contribution in [0.2, 0.25) is 0 Å². The number of pyridine rings is 1. The van der Waals surface area contributed by atoms with Crippen molar-refractivity contribution in [1.29, 1.82) is 0 Å². The molecule has 8 heteroatoms. The number of oxime groups is 1. The van der Waals surface area contributed by atoms with E-state index in [-0.39, 0.29) is 5.60 Å². The van der Waals surface area contributed by atoms with Crippen LogP contribution in [0, 0.1) is 0 Å². The van der Waals surface area contributed by atoms with Crippen molar-refractivity contribution in [2.75, 3.05) is 5.32 Å². The van der Waals surface area contributed by atoms with Crippen LogP contribution in [0.4, 0.5) is 11.4 Å². The normalized spacial score (nSPS) is 17.8. The van der Waals surface area contributed by atoms with Gasteiger partial charge in [-0.25, -0.2) is 19.6 Å². The Labute approximate surface area is 150 Å². The van der Waals surface area contributed by atoms with Crippen LogP contribution >= 0.6 is 0 Å². The van der Waals surface area contributed by atoms with Gasteiger partial charge in [-0.1, -0.05) is 5.16 Å². The first-order chi connectivity index (χ1) is 12.8. The molecule has 1 N–H and O–H groups in total. The lowest BCUT2D eigenvalue weighted by Gasteiger charge is -2.34. The minimum absolute atomic E-state index is 0.0922. The summed E-state index contributed by atoms with van der Waals surface area (Å²) in [5.41, 5.74) is 4.36. The summed E-state index contributed by atoms with van der Waals surface area (Å²) in [6.45, 7) is 2.81. The second-order valence-corrected chi connectivity index (χ2v) is 6.84. The molecule has 0 atom stereocenters. The standard InChI is InChI=1S/C18H19N7O/c1-2-25-17-14(10-22-25)16(23-12-7-19-11-20-8-12)13(9-21-17)15-6-18(26-24-15)4-3-5-18/h7-11H,2-6H2,1H3,(H,21,23). The van der Waals surface area contributed by atoms with Crippen molar-refractivity contribution in [1.82, 2.24) is 24.7 Å². The van der Waals surface area contributed by atoms with Gasteiger partial charge < -0.3 is 10.2 Å². The van der Waals surface area contributed by atoms with Crippen molar-refractivity contribution in [3.63, 3.8) is 0 Å². The van der Waals surface area contributed by atoms with Crippen LogP contribution in [0.1, 0.15) is 38.2 Å². The molecule has 1 fully saturated rings. The van der Waals surface area contributed by atoms with E-state index in [4.69, 9.17) is 4.84 Å². The van der Waals surface area contributed by atoms with Gasteiger partial charge in [-0.3, -0.25) is 0 Å². The first kappa shape index (κ1) is 15.2. The van der Waals surface area contributed by atoms with Crippen molar-refractivity contribution < 1.29 is 4.84 Å². The maximum absolute atomic E-state index is 5.77. The third-order valence-electron chi connectivity index (χ3n) is 5.21. The van der Waals surface area contributed by atoms with E-state index in [9.17, 15) is 0 Å². The molecule has 1 saturated carbocycles. The van der Waals surface area contributed by atoms with Gasteiger partial charge in [-0.05, 0) is 26.2 Å². The molecule has 0 amide bonds. The molecule has 4 heterocycles. The van der Waals surface area contributed by atoms with Crippen LogP contribution in [0.25, 0.3) is 11.0 Å². The molecule has 3 aromatic heterocycles. The number of hydrogen-bond acceptors (Lipinski definition) is 7. The minimum atomic E-state index is -0.0922. The van der Waals surface area contributed by atoms with E-state index in [1.165, 1.54) is 12.7 Å². The Morgan fingerprint density at radius 2 is 2.04 bits per heavy atom. The molecule has 1 aliphatic carbocycles. The highest BCUT2D eigenvalue weighted by atomic mass is 16.7. The largest absolute Gasteiger partial charge is 0.389 e. The van der Waals surface area contributed by atoms with Gasteiger partial charge in [0, 0.05) is 24.7 Å².